The summed E-state index contributed by atoms with van der Waals surface area (Å²) < 4.78 is 14.6. The number of aromatic nitrogens is 2. The van der Waals surface area contributed by atoms with Gasteiger partial charge in [-0.15, -0.1) is 0 Å². The number of imide groups is 1. The van der Waals surface area contributed by atoms with Gasteiger partial charge in [0, 0.05) is 39.0 Å². The van der Waals surface area contributed by atoms with Gasteiger partial charge in [-0.2, -0.15) is 0 Å². The molecule has 2 atom stereocenters. The SMILES string of the molecule is CC(COC1CCC(CN2CC(c3cccc4c3n(C)c(=O)n4C3CCC(=O)NC3=O)C2)CC1)NC(=O)OC(C)(C)C. The summed E-state index contributed by atoms with van der Waals surface area (Å²) in [4.78, 5) is 51.9. The molecule has 2 N–H and O–H groups in total. The number of amides is 3. The number of para-hydroxylation sites is 1. The molecule has 3 amide bonds. The number of nitrogens with zero attached hydrogens (tertiary/aromatic N) is 3. The van der Waals surface area contributed by atoms with Crippen LogP contribution >= 0.6 is 0 Å². The lowest BCUT2D eigenvalue weighted by Gasteiger charge is -2.43. The molecular formula is C31H45N5O6. The average Bonchev–Trinajstić information content (AvgIpc) is 3.14. The molecule has 3 heterocycles. The first-order chi connectivity index (χ1) is 19.9. The summed E-state index contributed by atoms with van der Waals surface area (Å²) in [6, 6.07) is 5.18. The van der Waals surface area contributed by atoms with Crippen molar-refractivity contribution < 1.29 is 23.9 Å². The molecule has 2 aromatic rings. The van der Waals surface area contributed by atoms with Crippen molar-refractivity contribution in [1.82, 2.24) is 24.7 Å². The zero-order chi connectivity index (χ0) is 30.2. The Morgan fingerprint density at radius 1 is 1.10 bits per heavy atom. The van der Waals surface area contributed by atoms with Gasteiger partial charge in [0.05, 0.1) is 29.8 Å². The van der Waals surface area contributed by atoms with Crippen LogP contribution in [-0.4, -0.2) is 75.9 Å². The first-order valence-electron chi connectivity index (χ1n) is 15.3. The molecule has 3 fully saturated rings. The van der Waals surface area contributed by atoms with E-state index < -0.39 is 23.6 Å². The number of hydrogen-bond donors (Lipinski definition) is 2. The zero-order valence-corrected chi connectivity index (χ0v) is 25.5. The minimum Gasteiger partial charge on any atom is -0.444 e. The first-order valence-corrected chi connectivity index (χ1v) is 15.3. The average molecular weight is 584 g/mol. The van der Waals surface area contributed by atoms with Gasteiger partial charge in [-0.1, -0.05) is 12.1 Å². The van der Waals surface area contributed by atoms with E-state index in [1.165, 1.54) is 0 Å². The molecule has 1 aromatic heterocycles. The molecule has 1 aliphatic carbocycles. The molecule has 2 unspecified atom stereocenters. The van der Waals surface area contributed by atoms with Gasteiger partial charge in [0.2, 0.25) is 11.8 Å². The molecule has 11 nitrogen and oxygen atoms in total. The number of benzene rings is 1. The van der Waals surface area contributed by atoms with Crippen LogP contribution in [0.3, 0.4) is 0 Å². The van der Waals surface area contributed by atoms with Crippen LogP contribution in [-0.2, 0) is 26.1 Å². The lowest BCUT2D eigenvalue weighted by molar-refractivity contribution is -0.135. The number of likely N-dealkylation sites (tertiary alicyclic amines) is 1. The Kier molecular flexibility index (Phi) is 8.80. The molecule has 0 radical (unpaired) electrons. The fourth-order valence-corrected chi connectivity index (χ4v) is 6.62. The molecular weight excluding hydrogens is 538 g/mol. The number of piperidine rings is 1. The van der Waals surface area contributed by atoms with Crippen molar-refractivity contribution in [1.29, 1.82) is 0 Å². The third kappa shape index (κ3) is 6.72. The second-order valence-electron chi connectivity index (χ2n) is 13.3. The summed E-state index contributed by atoms with van der Waals surface area (Å²) in [5.74, 6) is 0.267. The molecule has 1 aromatic carbocycles. The van der Waals surface area contributed by atoms with Gasteiger partial charge in [0.15, 0.2) is 0 Å². The number of imidazole rings is 1. The Morgan fingerprint density at radius 2 is 1.81 bits per heavy atom. The van der Waals surface area contributed by atoms with Crippen molar-refractivity contribution in [2.24, 2.45) is 13.0 Å². The molecule has 1 saturated carbocycles. The minimum atomic E-state index is -0.671. The van der Waals surface area contributed by atoms with Gasteiger partial charge < -0.3 is 19.7 Å². The molecule has 42 heavy (non-hydrogen) atoms. The van der Waals surface area contributed by atoms with Crippen LogP contribution in [0.25, 0.3) is 11.0 Å². The second-order valence-corrected chi connectivity index (χ2v) is 13.3. The van der Waals surface area contributed by atoms with E-state index in [9.17, 15) is 19.2 Å². The summed E-state index contributed by atoms with van der Waals surface area (Å²) in [6.07, 6.45) is 4.67. The zero-order valence-electron chi connectivity index (χ0n) is 25.5. The van der Waals surface area contributed by atoms with Gasteiger partial charge >= 0.3 is 11.8 Å². The maximum atomic E-state index is 13.2. The topological polar surface area (TPSA) is 124 Å². The fourth-order valence-electron chi connectivity index (χ4n) is 6.62. The van der Waals surface area contributed by atoms with Crippen molar-refractivity contribution in [3.8, 4) is 0 Å². The number of alkyl carbamates (subject to hydrolysis) is 1. The predicted octanol–water partition coefficient (Wildman–Crippen LogP) is 3.21. The molecule has 5 rings (SSSR count). The predicted molar refractivity (Wildman–Crippen MR) is 158 cm³/mol. The number of carbonyl (C=O) groups is 3. The van der Waals surface area contributed by atoms with Crippen molar-refractivity contribution in [2.45, 2.75) is 95.9 Å². The van der Waals surface area contributed by atoms with E-state index in [1.54, 1.807) is 16.2 Å². The molecule has 2 aliphatic heterocycles. The van der Waals surface area contributed by atoms with Gasteiger partial charge in [0.25, 0.3) is 0 Å². The van der Waals surface area contributed by atoms with Gasteiger partial charge in [-0.3, -0.25) is 24.0 Å². The molecule has 230 valence electrons. The third-order valence-corrected chi connectivity index (χ3v) is 8.71. The van der Waals surface area contributed by atoms with Crippen LogP contribution in [0.4, 0.5) is 4.79 Å². The van der Waals surface area contributed by atoms with Gasteiger partial charge in [-0.05, 0) is 77.3 Å². The lowest BCUT2D eigenvalue weighted by Crippen LogP contribution is -2.47. The third-order valence-electron chi connectivity index (χ3n) is 8.71. The van der Waals surface area contributed by atoms with E-state index in [4.69, 9.17) is 9.47 Å². The fraction of sp³-hybridized carbons (Fsp3) is 0.677. The van der Waals surface area contributed by atoms with E-state index in [-0.39, 0.29) is 30.2 Å². The number of aryl methyl sites for hydroxylation is 1. The second kappa shape index (κ2) is 12.2. The van der Waals surface area contributed by atoms with Crippen LogP contribution in [0.5, 0.6) is 0 Å². The van der Waals surface area contributed by atoms with Crippen molar-refractivity contribution in [3.05, 3.63) is 34.2 Å². The number of ether oxygens (including phenoxy) is 2. The van der Waals surface area contributed by atoms with Gasteiger partial charge in [0.1, 0.15) is 11.6 Å². The molecule has 2 saturated heterocycles. The highest BCUT2D eigenvalue weighted by Gasteiger charge is 2.35. The number of carbonyl (C=O) groups excluding carboxylic acids is 3. The standard InChI is InChI=1S/C31H45N5O6/c1-19(32-29(39)42-31(2,3)4)18-41-22-11-9-20(10-12-22)15-35-16-21(17-35)23-7-6-8-24-27(23)34(5)30(40)36(24)25-13-14-26(37)33-28(25)38/h6-8,19-22,25H,9-18H2,1-5H3,(H,32,39)(H,33,37,38). The van der Waals surface area contributed by atoms with E-state index >= 15 is 0 Å². The Hall–Kier alpha value is -3.18. The van der Waals surface area contributed by atoms with E-state index in [0.29, 0.717) is 24.9 Å². The van der Waals surface area contributed by atoms with Gasteiger partial charge in [-0.25, -0.2) is 9.59 Å². The largest absolute Gasteiger partial charge is 0.444 e. The lowest BCUT2D eigenvalue weighted by atomic mass is 9.84. The highest BCUT2D eigenvalue weighted by atomic mass is 16.6. The molecule has 0 bridgehead atoms. The highest BCUT2D eigenvalue weighted by Crippen LogP contribution is 2.35. The smallest absolute Gasteiger partial charge is 0.407 e. The number of rotatable bonds is 8. The van der Waals surface area contributed by atoms with E-state index in [2.05, 4.69) is 21.6 Å². The first kappa shape index (κ1) is 30.3. The minimum absolute atomic E-state index is 0.111. The Bertz CT molecular complexity index is 1380. The Labute approximate surface area is 246 Å². The normalized spacial score (nSPS) is 24.7. The van der Waals surface area contributed by atoms with Crippen molar-refractivity contribution in [2.75, 3.05) is 26.2 Å². The highest BCUT2D eigenvalue weighted by molar-refractivity contribution is 6.00. The van der Waals surface area contributed by atoms with E-state index in [0.717, 1.165) is 61.9 Å². The monoisotopic (exact) mass is 583 g/mol. The van der Waals surface area contributed by atoms with E-state index in [1.807, 2.05) is 39.8 Å². The Balaban J connectivity index is 1.10. The Morgan fingerprint density at radius 3 is 2.48 bits per heavy atom. The summed E-state index contributed by atoms with van der Waals surface area (Å²) in [5, 5.41) is 5.22. The van der Waals surface area contributed by atoms with Crippen LogP contribution < -0.4 is 16.3 Å². The number of nitrogens with one attached hydrogen (secondary N) is 2. The maximum Gasteiger partial charge on any atom is 0.407 e. The van der Waals surface area contributed by atoms with Crippen LogP contribution in [0.1, 0.15) is 83.7 Å². The summed E-state index contributed by atoms with van der Waals surface area (Å²) in [5.41, 5.74) is 2.03. The number of fused-ring (bicyclic) bond motifs is 1. The van der Waals surface area contributed by atoms with Crippen LogP contribution in [0.2, 0.25) is 0 Å². The summed E-state index contributed by atoms with van der Waals surface area (Å²) >= 11 is 0. The number of hydrogen-bond acceptors (Lipinski definition) is 7. The summed E-state index contributed by atoms with van der Waals surface area (Å²) in [6.45, 7) is 10.9. The van der Waals surface area contributed by atoms with Crippen molar-refractivity contribution >= 4 is 28.9 Å². The molecule has 11 heteroatoms. The maximum absolute atomic E-state index is 13.2. The quantitative estimate of drug-likeness (QED) is 0.458. The molecule has 0 spiro atoms. The molecule has 3 aliphatic rings. The van der Waals surface area contributed by atoms with Crippen LogP contribution in [0, 0.1) is 5.92 Å². The summed E-state index contributed by atoms with van der Waals surface area (Å²) in [7, 11) is 1.77. The van der Waals surface area contributed by atoms with Crippen LogP contribution in [0.15, 0.2) is 23.0 Å². The van der Waals surface area contributed by atoms with Crippen molar-refractivity contribution in [3.63, 3.8) is 0 Å².